The Labute approximate surface area is 394 Å². The van der Waals surface area contributed by atoms with E-state index in [1.54, 1.807) is 50.5 Å². The van der Waals surface area contributed by atoms with Crippen LogP contribution in [0.3, 0.4) is 0 Å². The third-order valence-electron chi connectivity index (χ3n) is 13.3. The summed E-state index contributed by atoms with van der Waals surface area (Å²) in [6.45, 7) is 17.9. The van der Waals surface area contributed by atoms with Gasteiger partial charge >= 0.3 is 0 Å². The molecule has 14 heteroatoms. The largest absolute Gasteiger partial charge is 0.399 e. The second-order valence-corrected chi connectivity index (χ2v) is 24.5. The molecule has 0 spiro atoms. The fraction of sp³-hybridized carbons (Fsp3) is 0.500. The highest BCUT2D eigenvalue weighted by Gasteiger charge is 2.29. The lowest BCUT2D eigenvalue weighted by atomic mass is 9.88. The molecule has 0 unspecified atom stereocenters. The van der Waals surface area contributed by atoms with Gasteiger partial charge in [0.05, 0.1) is 43.2 Å². The Morgan fingerprint density at radius 3 is 1.33 bits per heavy atom. The van der Waals surface area contributed by atoms with Crippen molar-refractivity contribution in [3.8, 4) is 0 Å². The van der Waals surface area contributed by atoms with Gasteiger partial charge in [0.25, 0.3) is 20.0 Å². The van der Waals surface area contributed by atoms with E-state index in [4.69, 9.17) is 15.7 Å². The summed E-state index contributed by atoms with van der Waals surface area (Å²) >= 11 is 0. The van der Waals surface area contributed by atoms with Crippen molar-refractivity contribution >= 4 is 64.9 Å². The molecule has 0 saturated heterocycles. The van der Waals surface area contributed by atoms with Crippen LogP contribution in [0.4, 0.5) is 22.7 Å². The second kappa shape index (κ2) is 19.6. The summed E-state index contributed by atoms with van der Waals surface area (Å²) in [6, 6.07) is 24.8. The predicted molar refractivity (Wildman–Crippen MR) is 273 cm³/mol. The minimum atomic E-state index is -3.69. The summed E-state index contributed by atoms with van der Waals surface area (Å²) < 4.78 is 60.3. The van der Waals surface area contributed by atoms with Crippen molar-refractivity contribution < 1.29 is 16.8 Å². The van der Waals surface area contributed by atoms with Gasteiger partial charge in [0, 0.05) is 55.9 Å². The van der Waals surface area contributed by atoms with E-state index < -0.39 is 20.0 Å². The maximum absolute atomic E-state index is 13.3. The minimum Gasteiger partial charge on any atom is -0.399 e. The van der Waals surface area contributed by atoms with Gasteiger partial charge in [-0.15, -0.1) is 0 Å². The number of nitrogens with one attached hydrogen (secondary N) is 1. The summed E-state index contributed by atoms with van der Waals surface area (Å²) in [5.41, 5.74) is 12.0. The zero-order chi connectivity index (χ0) is 47.6. The van der Waals surface area contributed by atoms with Crippen molar-refractivity contribution in [2.45, 2.75) is 146 Å². The van der Waals surface area contributed by atoms with Crippen molar-refractivity contribution in [2.75, 3.05) is 40.3 Å². The number of hydrogen-bond acceptors (Lipinski definition) is 8. The number of benzene rings is 4. The van der Waals surface area contributed by atoms with Gasteiger partial charge in [-0.05, 0) is 129 Å². The maximum Gasteiger partial charge on any atom is 0.264 e. The molecule has 0 aliphatic heterocycles. The van der Waals surface area contributed by atoms with Crippen LogP contribution in [0.5, 0.6) is 0 Å². The molecule has 356 valence electrons. The number of imidazole rings is 2. The van der Waals surface area contributed by atoms with Gasteiger partial charge in [-0.25, -0.2) is 26.8 Å². The fourth-order valence-corrected chi connectivity index (χ4v) is 12.0. The van der Waals surface area contributed by atoms with Gasteiger partial charge in [0.15, 0.2) is 0 Å². The number of rotatable bonds is 12. The van der Waals surface area contributed by atoms with Gasteiger partial charge in [-0.3, -0.25) is 8.61 Å². The Hall–Kier alpha value is -5.08. The summed E-state index contributed by atoms with van der Waals surface area (Å²) in [6.07, 6.45) is 13.0. The van der Waals surface area contributed by atoms with Crippen LogP contribution in [0.1, 0.15) is 124 Å². The molecule has 0 radical (unpaired) electrons. The van der Waals surface area contributed by atoms with Crippen molar-refractivity contribution in [3.05, 3.63) is 96.6 Å². The van der Waals surface area contributed by atoms with Crippen molar-refractivity contribution in [1.29, 1.82) is 0 Å². The number of sulfonamides is 2. The molecule has 0 atom stereocenters. The van der Waals surface area contributed by atoms with Crippen LogP contribution in [0, 0.1) is 11.8 Å². The normalized spacial score (nSPS) is 15.7. The average Bonchev–Trinajstić information content (AvgIpc) is 3.85. The molecule has 0 amide bonds. The van der Waals surface area contributed by atoms with E-state index in [0.29, 0.717) is 28.9 Å². The molecule has 2 aliphatic carbocycles. The molecule has 3 N–H and O–H groups in total. The first kappa shape index (κ1) is 48.8. The molecule has 0 bridgehead atoms. The highest BCUT2D eigenvalue weighted by Crippen LogP contribution is 2.36. The Morgan fingerprint density at radius 1 is 0.591 bits per heavy atom. The van der Waals surface area contributed by atoms with Crippen LogP contribution < -0.4 is 19.7 Å². The van der Waals surface area contributed by atoms with Gasteiger partial charge in [0.2, 0.25) is 0 Å². The van der Waals surface area contributed by atoms with Crippen molar-refractivity contribution in [2.24, 2.45) is 11.8 Å². The SMILES string of the molecule is CCNc1ccc(S(=O)(=O)N(C)c2ccc3c(c2)nc(C(C)(C)C)n3CC2CCCCC2)cc1.CN(c1ccc2c(c1)nc(C(C)(C)C)n2CC1CCCCC1)S(=O)(=O)c1ccc(N)cc1. The lowest BCUT2D eigenvalue weighted by Gasteiger charge is -2.26. The number of aromatic nitrogens is 4. The third-order valence-corrected chi connectivity index (χ3v) is 16.9. The first-order valence-corrected chi connectivity index (χ1v) is 26.8. The first-order valence-electron chi connectivity index (χ1n) is 23.9. The number of nitrogen functional groups attached to an aromatic ring is 1. The summed E-state index contributed by atoms with van der Waals surface area (Å²) in [5, 5.41) is 3.20. The van der Waals surface area contributed by atoms with Gasteiger partial charge < -0.3 is 20.2 Å². The molecular formula is C52H72N8O4S2. The molecule has 8 rings (SSSR count). The third kappa shape index (κ3) is 10.7. The van der Waals surface area contributed by atoms with Crippen molar-refractivity contribution in [1.82, 2.24) is 19.1 Å². The van der Waals surface area contributed by atoms with Crippen molar-refractivity contribution in [3.63, 3.8) is 0 Å². The maximum atomic E-state index is 13.3. The van der Waals surface area contributed by atoms with Crippen LogP contribution in [-0.4, -0.2) is 56.6 Å². The van der Waals surface area contributed by atoms with Crippen LogP contribution in [0.2, 0.25) is 0 Å². The lowest BCUT2D eigenvalue weighted by molar-refractivity contribution is 0.313. The molecule has 2 heterocycles. The smallest absolute Gasteiger partial charge is 0.264 e. The topological polar surface area (TPSA) is 148 Å². The highest BCUT2D eigenvalue weighted by atomic mass is 32.2. The van der Waals surface area contributed by atoms with Crippen LogP contribution in [-0.2, 0) is 44.0 Å². The zero-order valence-electron chi connectivity index (χ0n) is 40.6. The summed E-state index contributed by atoms with van der Waals surface area (Å²) in [4.78, 5) is 10.5. The monoisotopic (exact) mass is 937 g/mol. The Morgan fingerprint density at radius 2 is 0.970 bits per heavy atom. The molecule has 2 aromatic heterocycles. The Bertz CT molecular complexity index is 2830. The van der Waals surface area contributed by atoms with E-state index in [9.17, 15) is 16.8 Å². The predicted octanol–water partition coefficient (Wildman–Crippen LogP) is 11.5. The van der Waals surface area contributed by atoms with Gasteiger partial charge in [-0.1, -0.05) is 80.1 Å². The Kier molecular flexibility index (Phi) is 14.5. The quantitative estimate of drug-likeness (QED) is 0.115. The number of fused-ring (bicyclic) bond motifs is 2. The molecule has 2 saturated carbocycles. The van der Waals surface area contributed by atoms with E-state index >= 15 is 0 Å². The van der Waals surface area contributed by atoms with Gasteiger partial charge in [-0.2, -0.15) is 0 Å². The highest BCUT2D eigenvalue weighted by molar-refractivity contribution is 7.93. The molecule has 2 fully saturated rings. The van der Waals surface area contributed by atoms with Crippen LogP contribution in [0.15, 0.2) is 94.7 Å². The summed E-state index contributed by atoms with van der Waals surface area (Å²) in [7, 11) is -4.18. The number of hydrogen-bond donors (Lipinski definition) is 2. The van der Waals surface area contributed by atoms with E-state index in [1.165, 1.54) is 85.0 Å². The molecule has 4 aromatic carbocycles. The number of nitrogens with zero attached hydrogens (tertiary/aromatic N) is 6. The van der Waals surface area contributed by atoms with E-state index in [2.05, 4.69) is 56.0 Å². The molecule has 66 heavy (non-hydrogen) atoms. The fourth-order valence-electron chi connectivity index (χ4n) is 9.58. The molecule has 12 nitrogen and oxygen atoms in total. The molecule has 6 aromatic rings. The minimum absolute atomic E-state index is 0.0971. The standard InChI is InChI=1S/C27H38N4O2S.C25H34N4O2S/c1-6-28-21-12-15-23(16-13-21)34(32,33)30(5)22-14-17-25-24(18-22)29-26(27(2,3)4)31(25)19-20-10-8-7-9-11-20;1-25(2,3)24-27-22-16-20(28(4)32(30,31)21-13-10-19(26)11-14-21)12-15-23(22)29(24)17-18-8-6-5-7-9-18/h12-18,20,28H,6-11,19H2,1-5H3;10-16,18H,5-9,17,26H2,1-4H3. The zero-order valence-corrected chi connectivity index (χ0v) is 42.3. The van der Waals surface area contributed by atoms with E-state index in [0.717, 1.165) is 59.0 Å². The second-order valence-electron chi connectivity index (χ2n) is 20.5. The average molecular weight is 937 g/mol. The van der Waals surface area contributed by atoms with E-state index in [-0.39, 0.29) is 20.6 Å². The Balaban J connectivity index is 0.000000197. The van der Waals surface area contributed by atoms with Crippen LogP contribution in [0.25, 0.3) is 22.1 Å². The first-order chi connectivity index (χ1) is 31.2. The lowest BCUT2D eigenvalue weighted by Crippen LogP contribution is -2.26. The van der Waals surface area contributed by atoms with Gasteiger partial charge in [0.1, 0.15) is 11.6 Å². The van der Waals surface area contributed by atoms with E-state index in [1.807, 2.05) is 43.3 Å². The number of nitrogens with two attached hydrogens (primary N) is 1. The molecular weight excluding hydrogens is 865 g/mol. The summed E-state index contributed by atoms with van der Waals surface area (Å²) in [5.74, 6) is 3.48. The molecule has 2 aliphatic rings. The van der Waals surface area contributed by atoms with Crippen LogP contribution >= 0.6 is 0 Å². The number of anilines is 4.